The van der Waals surface area contributed by atoms with Gasteiger partial charge in [0.25, 0.3) is 5.91 Å². The van der Waals surface area contributed by atoms with E-state index in [9.17, 15) is 14.7 Å². The molecule has 0 atom stereocenters. The third-order valence-corrected chi connectivity index (χ3v) is 3.88. The maximum absolute atomic E-state index is 12.6. The first-order valence-corrected chi connectivity index (χ1v) is 8.59. The molecular weight excluding hydrogens is 344 g/mol. The highest BCUT2D eigenvalue weighted by molar-refractivity contribution is 6.05. The second kappa shape index (κ2) is 7.86. The van der Waals surface area contributed by atoms with E-state index in [2.05, 4.69) is 10.3 Å². The van der Waals surface area contributed by atoms with Gasteiger partial charge < -0.3 is 15.2 Å². The summed E-state index contributed by atoms with van der Waals surface area (Å²) >= 11 is 0. The molecule has 2 aromatic carbocycles. The Kier molecular flexibility index (Phi) is 5.35. The second-order valence-corrected chi connectivity index (χ2v) is 6.42. The van der Waals surface area contributed by atoms with E-state index >= 15 is 0 Å². The van der Waals surface area contributed by atoms with Crippen molar-refractivity contribution >= 4 is 22.8 Å². The van der Waals surface area contributed by atoms with Gasteiger partial charge in [-0.1, -0.05) is 18.2 Å². The molecule has 0 radical (unpaired) electrons. The van der Waals surface area contributed by atoms with Crippen molar-refractivity contribution in [2.24, 2.45) is 0 Å². The number of amides is 1. The van der Waals surface area contributed by atoms with Gasteiger partial charge in [0.1, 0.15) is 5.75 Å². The van der Waals surface area contributed by atoms with Gasteiger partial charge in [-0.15, -0.1) is 0 Å². The van der Waals surface area contributed by atoms with E-state index in [4.69, 9.17) is 4.74 Å². The van der Waals surface area contributed by atoms with Crippen molar-refractivity contribution in [3.05, 3.63) is 60.2 Å². The molecule has 2 N–H and O–H groups in total. The van der Waals surface area contributed by atoms with Crippen LogP contribution in [0.15, 0.2) is 54.6 Å². The lowest BCUT2D eigenvalue weighted by Gasteiger charge is -2.11. The number of benzene rings is 2. The van der Waals surface area contributed by atoms with Crippen LogP contribution in [-0.2, 0) is 9.53 Å². The zero-order valence-corrected chi connectivity index (χ0v) is 15.1. The smallest absolute Gasteiger partial charge is 0.339 e. The average Bonchev–Trinajstić information content (AvgIpc) is 2.65. The molecule has 3 aromatic rings. The molecule has 1 amide bonds. The van der Waals surface area contributed by atoms with Gasteiger partial charge in [-0.3, -0.25) is 4.79 Å². The van der Waals surface area contributed by atoms with Gasteiger partial charge in [-0.2, -0.15) is 0 Å². The van der Waals surface area contributed by atoms with E-state index in [-0.39, 0.29) is 24.3 Å². The number of phenols is 1. The Bertz CT molecular complexity index is 981. The lowest BCUT2D eigenvalue weighted by atomic mass is 10.0. The van der Waals surface area contributed by atoms with Crippen LogP contribution in [-0.4, -0.2) is 34.6 Å². The van der Waals surface area contributed by atoms with Crippen LogP contribution in [0.3, 0.4) is 0 Å². The van der Waals surface area contributed by atoms with Crippen LogP contribution in [0.5, 0.6) is 5.75 Å². The van der Waals surface area contributed by atoms with Crippen molar-refractivity contribution in [1.29, 1.82) is 0 Å². The van der Waals surface area contributed by atoms with Crippen LogP contribution in [0.25, 0.3) is 22.2 Å². The number of aromatic nitrogens is 1. The third kappa shape index (κ3) is 4.41. The Morgan fingerprint density at radius 3 is 2.52 bits per heavy atom. The van der Waals surface area contributed by atoms with Crippen molar-refractivity contribution in [2.75, 3.05) is 6.61 Å². The highest BCUT2D eigenvalue weighted by atomic mass is 16.5. The second-order valence-electron chi connectivity index (χ2n) is 6.42. The number of pyridine rings is 1. The molecule has 0 saturated heterocycles. The molecule has 0 saturated carbocycles. The van der Waals surface area contributed by atoms with Gasteiger partial charge in [0, 0.05) is 17.0 Å². The Hall–Kier alpha value is -3.41. The van der Waals surface area contributed by atoms with Gasteiger partial charge in [0.05, 0.1) is 16.8 Å². The number of rotatable bonds is 5. The lowest BCUT2D eigenvalue weighted by Crippen LogP contribution is -2.34. The molecule has 3 rings (SSSR count). The number of nitrogens with one attached hydrogen (secondary N) is 1. The molecule has 6 nitrogen and oxygen atoms in total. The Balaban J connectivity index is 1.94. The molecule has 0 aliphatic heterocycles. The molecule has 0 aliphatic carbocycles. The highest BCUT2D eigenvalue weighted by Crippen LogP contribution is 2.26. The van der Waals surface area contributed by atoms with E-state index in [1.54, 1.807) is 36.4 Å². The quantitative estimate of drug-likeness (QED) is 0.678. The minimum atomic E-state index is -0.590. The summed E-state index contributed by atoms with van der Waals surface area (Å²) in [4.78, 5) is 28.9. The predicted octanol–water partition coefficient (Wildman–Crippen LogP) is 3.29. The normalized spacial score (nSPS) is 10.8. The summed E-state index contributed by atoms with van der Waals surface area (Å²) in [7, 11) is 0. The lowest BCUT2D eigenvalue weighted by molar-refractivity contribution is -0.124. The molecule has 0 spiro atoms. The number of hydrogen-bond acceptors (Lipinski definition) is 5. The van der Waals surface area contributed by atoms with Crippen molar-refractivity contribution in [1.82, 2.24) is 10.3 Å². The fourth-order valence-electron chi connectivity index (χ4n) is 2.70. The molecule has 0 aliphatic rings. The molecule has 0 bridgehead atoms. The summed E-state index contributed by atoms with van der Waals surface area (Å²) in [6, 6.07) is 15.4. The molecule has 1 aromatic heterocycles. The topological polar surface area (TPSA) is 88.5 Å². The van der Waals surface area contributed by atoms with Crippen LogP contribution in [0.1, 0.15) is 24.2 Å². The first-order chi connectivity index (χ1) is 12.9. The molecule has 0 unspecified atom stereocenters. The van der Waals surface area contributed by atoms with Gasteiger partial charge in [0.2, 0.25) is 0 Å². The van der Waals surface area contributed by atoms with E-state index in [0.29, 0.717) is 22.2 Å². The largest absolute Gasteiger partial charge is 0.508 e. The first-order valence-electron chi connectivity index (χ1n) is 8.59. The molecule has 27 heavy (non-hydrogen) atoms. The zero-order chi connectivity index (χ0) is 19.4. The van der Waals surface area contributed by atoms with Gasteiger partial charge in [-0.25, -0.2) is 9.78 Å². The number of phenolic OH excluding ortho intramolecular Hbond substituents is 1. The van der Waals surface area contributed by atoms with Gasteiger partial charge in [-0.05, 0) is 50.2 Å². The van der Waals surface area contributed by atoms with Crippen LogP contribution in [0, 0.1) is 0 Å². The number of carbonyl (C=O) groups is 2. The number of hydrogen-bond donors (Lipinski definition) is 2. The Morgan fingerprint density at radius 1 is 1.11 bits per heavy atom. The summed E-state index contributed by atoms with van der Waals surface area (Å²) < 4.78 is 5.19. The van der Waals surface area contributed by atoms with Crippen molar-refractivity contribution in [3.8, 4) is 17.0 Å². The van der Waals surface area contributed by atoms with Crippen LogP contribution < -0.4 is 5.32 Å². The molecule has 138 valence electrons. The molecular formula is C21H20N2O4. The van der Waals surface area contributed by atoms with E-state index in [1.165, 1.54) is 0 Å². The Labute approximate surface area is 156 Å². The van der Waals surface area contributed by atoms with Crippen molar-refractivity contribution < 1.29 is 19.4 Å². The summed E-state index contributed by atoms with van der Waals surface area (Å²) in [6.45, 7) is 3.32. The van der Waals surface area contributed by atoms with Crippen molar-refractivity contribution in [3.63, 3.8) is 0 Å². The zero-order valence-electron chi connectivity index (χ0n) is 15.1. The number of esters is 1. The van der Waals surface area contributed by atoms with Crippen LogP contribution >= 0.6 is 0 Å². The van der Waals surface area contributed by atoms with E-state index in [0.717, 1.165) is 5.56 Å². The number of aromatic hydroxyl groups is 1. The fourth-order valence-corrected chi connectivity index (χ4v) is 2.70. The first kappa shape index (κ1) is 18.4. The maximum atomic E-state index is 12.6. The van der Waals surface area contributed by atoms with Crippen LogP contribution in [0.4, 0.5) is 0 Å². The summed E-state index contributed by atoms with van der Waals surface area (Å²) in [5.74, 6) is -0.793. The molecule has 6 heteroatoms. The van der Waals surface area contributed by atoms with Crippen molar-refractivity contribution in [2.45, 2.75) is 19.9 Å². The summed E-state index contributed by atoms with van der Waals surface area (Å²) in [6.07, 6.45) is 0. The van der Waals surface area contributed by atoms with E-state index < -0.39 is 5.97 Å². The van der Waals surface area contributed by atoms with Gasteiger partial charge >= 0.3 is 5.97 Å². The van der Waals surface area contributed by atoms with Gasteiger partial charge in [0.15, 0.2) is 6.61 Å². The number of ether oxygens (including phenoxy) is 1. The summed E-state index contributed by atoms with van der Waals surface area (Å²) in [5, 5.41) is 12.8. The average molecular weight is 364 g/mol. The Morgan fingerprint density at radius 2 is 1.81 bits per heavy atom. The third-order valence-electron chi connectivity index (χ3n) is 3.88. The monoisotopic (exact) mass is 364 g/mol. The predicted molar refractivity (Wildman–Crippen MR) is 102 cm³/mol. The number of nitrogens with zero attached hydrogens (tertiary/aromatic N) is 1. The highest BCUT2D eigenvalue weighted by Gasteiger charge is 2.16. The number of para-hydroxylation sites is 1. The fraction of sp³-hybridized carbons (Fsp3) is 0.190. The molecule has 0 fully saturated rings. The minimum absolute atomic E-state index is 0.0287. The van der Waals surface area contributed by atoms with E-state index in [1.807, 2.05) is 32.0 Å². The summed E-state index contributed by atoms with van der Waals surface area (Å²) in [5.41, 5.74) is 2.31. The standard InChI is InChI=1S/C21H20N2O4/c1-13(2)22-20(25)12-27-21(26)17-11-19(14-7-9-15(24)10-8-14)23-18-6-4-3-5-16(17)18/h3-11,13,24H,12H2,1-2H3,(H,22,25). The SMILES string of the molecule is CC(C)NC(=O)COC(=O)c1cc(-c2ccc(O)cc2)nc2ccccc12. The molecule has 1 heterocycles. The van der Waals surface area contributed by atoms with Crippen LogP contribution in [0.2, 0.25) is 0 Å². The minimum Gasteiger partial charge on any atom is -0.508 e. The maximum Gasteiger partial charge on any atom is 0.339 e. The number of carbonyl (C=O) groups excluding carboxylic acids is 2. The number of fused-ring (bicyclic) bond motifs is 1.